The van der Waals surface area contributed by atoms with Crippen molar-refractivity contribution in [3.8, 4) is 0 Å². The summed E-state index contributed by atoms with van der Waals surface area (Å²) in [4.78, 5) is 10.8. The fraction of sp³-hybridized carbons (Fsp3) is 0.583. The van der Waals surface area contributed by atoms with E-state index < -0.39 is 5.97 Å². The molecular weight excluding hydrogens is 222 g/mol. The lowest BCUT2D eigenvalue weighted by atomic mass is 9.92. The summed E-state index contributed by atoms with van der Waals surface area (Å²) in [6, 6.07) is 1.70. The van der Waals surface area contributed by atoms with Gasteiger partial charge in [-0.3, -0.25) is 0 Å². The minimum Gasteiger partial charge on any atom is -0.475 e. The number of carbonyl (C=O) groups is 1. The molecule has 0 aliphatic heterocycles. The average Bonchev–Trinajstić information content (AvgIpc) is 2.76. The molecule has 1 heterocycles. The van der Waals surface area contributed by atoms with Crippen LogP contribution in [-0.4, -0.2) is 28.3 Å². The Labute approximate surface area is 99.4 Å². The van der Waals surface area contributed by atoms with Crippen LogP contribution in [0.2, 0.25) is 0 Å². The van der Waals surface area contributed by atoms with Crippen LogP contribution >= 0.6 is 0 Å². The first-order chi connectivity index (χ1) is 8.18. The molecule has 5 heteroatoms. The number of carboxylic acids is 1. The van der Waals surface area contributed by atoms with Crippen molar-refractivity contribution in [2.45, 2.75) is 44.4 Å². The van der Waals surface area contributed by atoms with Gasteiger partial charge in [0.05, 0.1) is 12.4 Å². The molecule has 3 N–H and O–H groups in total. The van der Waals surface area contributed by atoms with E-state index >= 15 is 0 Å². The van der Waals surface area contributed by atoms with E-state index in [1.54, 1.807) is 6.07 Å². The fourth-order valence-electron chi connectivity index (χ4n) is 2.25. The topological polar surface area (TPSA) is 82.7 Å². The molecule has 1 aliphatic carbocycles. The molecule has 94 valence electrons. The van der Waals surface area contributed by atoms with E-state index in [9.17, 15) is 9.90 Å². The number of carboxylic acid groups (broad SMARTS) is 1. The second-order valence-corrected chi connectivity index (χ2v) is 4.42. The first kappa shape index (κ1) is 12.1. The monoisotopic (exact) mass is 239 g/mol. The number of aromatic carboxylic acids is 1. The van der Waals surface area contributed by atoms with Crippen molar-refractivity contribution in [3.05, 3.63) is 23.7 Å². The predicted octanol–water partition coefficient (Wildman–Crippen LogP) is 1.37. The van der Waals surface area contributed by atoms with Crippen molar-refractivity contribution in [2.75, 3.05) is 0 Å². The Bertz CT molecular complexity index is 388. The van der Waals surface area contributed by atoms with Crippen LogP contribution in [0.3, 0.4) is 0 Å². The fourth-order valence-corrected chi connectivity index (χ4v) is 2.25. The Morgan fingerprint density at radius 2 is 2.24 bits per heavy atom. The number of aliphatic hydroxyl groups is 1. The quantitative estimate of drug-likeness (QED) is 0.739. The highest BCUT2D eigenvalue weighted by atomic mass is 16.4. The molecule has 0 amide bonds. The lowest BCUT2D eigenvalue weighted by molar-refractivity contribution is 0.0659. The summed E-state index contributed by atoms with van der Waals surface area (Å²) in [5, 5.41) is 21.8. The molecule has 1 aromatic rings. The number of hydrogen-bond acceptors (Lipinski definition) is 4. The minimum absolute atomic E-state index is 0.0252. The van der Waals surface area contributed by atoms with Gasteiger partial charge in [0.2, 0.25) is 5.76 Å². The van der Waals surface area contributed by atoms with Crippen molar-refractivity contribution >= 4 is 5.97 Å². The highest BCUT2D eigenvalue weighted by Gasteiger charge is 2.23. The van der Waals surface area contributed by atoms with Crippen LogP contribution in [0.25, 0.3) is 0 Å². The van der Waals surface area contributed by atoms with E-state index in [1.165, 1.54) is 6.26 Å². The standard InChI is InChI=1S/C12H17NO4/c14-10-4-2-1-3-9(10)13-7-8-5-6-17-11(8)12(15)16/h5-6,9-10,13-14H,1-4,7H2,(H,15,16). The Balaban J connectivity index is 1.92. The third kappa shape index (κ3) is 2.87. The normalized spacial score (nSPS) is 24.8. The molecule has 0 radical (unpaired) electrons. The van der Waals surface area contributed by atoms with E-state index in [-0.39, 0.29) is 17.9 Å². The van der Waals surface area contributed by atoms with E-state index in [0.29, 0.717) is 12.1 Å². The number of hydrogen-bond donors (Lipinski definition) is 3. The zero-order valence-electron chi connectivity index (χ0n) is 9.56. The molecule has 1 aliphatic rings. The van der Waals surface area contributed by atoms with E-state index in [2.05, 4.69) is 5.32 Å². The summed E-state index contributed by atoms with van der Waals surface area (Å²) in [6.07, 6.45) is 4.95. The molecular formula is C12H17NO4. The van der Waals surface area contributed by atoms with Crippen LogP contribution in [0, 0.1) is 0 Å². The summed E-state index contributed by atoms with van der Waals surface area (Å²) in [6.45, 7) is 0.417. The van der Waals surface area contributed by atoms with Gasteiger partial charge in [0.15, 0.2) is 0 Å². The summed E-state index contributed by atoms with van der Waals surface area (Å²) in [7, 11) is 0. The van der Waals surface area contributed by atoms with Crippen molar-refractivity contribution in [1.29, 1.82) is 0 Å². The van der Waals surface area contributed by atoms with Gasteiger partial charge in [-0.05, 0) is 18.9 Å². The van der Waals surface area contributed by atoms with Crippen molar-refractivity contribution in [1.82, 2.24) is 5.32 Å². The lowest BCUT2D eigenvalue weighted by Crippen LogP contribution is -2.41. The number of rotatable bonds is 4. The SMILES string of the molecule is O=C(O)c1occc1CNC1CCCCC1O. The predicted molar refractivity (Wildman–Crippen MR) is 60.8 cm³/mol. The average molecular weight is 239 g/mol. The van der Waals surface area contributed by atoms with E-state index in [4.69, 9.17) is 9.52 Å². The van der Waals surface area contributed by atoms with Gasteiger partial charge in [0.1, 0.15) is 0 Å². The Morgan fingerprint density at radius 3 is 2.94 bits per heavy atom. The molecule has 5 nitrogen and oxygen atoms in total. The maximum atomic E-state index is 10.8. The zero-order chi connectivity index (χ0) is 12.3. The van der Waals surface area contributed by atoms with Gasteiger partial charge in [-0.15, -0.1) is 0 Å². The third-order valence-electron chi connectivity index (χ3n) is 3.23. The van der Waals surface area contributed by atoms with Gasteiger partial charge < -0.3 is 19.9 Å². The van der Waals surface area contributed by atoms with Crippen molar-refractivity contribution in [2.24, 2.45) is 0 Å². The molecule has 0 bridgehead atoms. The summed E-state index contributed by atoms with van der Waals surface area (Å²) < 4.78 is 4.89. The zero-order valence-corrected chi connectivity index (χ0v) is 9.56. The lowest BCUT2D eigenvalue weighted by Gasteiger charge is -2.28. The van der Waals surface area contributed by atoms with Crippen LogP contribution in [-0.2, 0) is 6.54 Å². The van der Waals surface area contributed by atoms with Crippen LogP contribution < -0.4 is 5.32 Å². The Kier molecular flexibility index (Phi) is 3.81. The maximum Gasteiger partial charge on any atom is 0.372 e. The smallest absolute Gasteiger partial charge is 0.372 e. The Hall–Kier alpha value is -1.33. The van der Waals surface area contributed by atoms with E-state index in [1.807, 2.05) is 0 Å². The molecule has 17 heavy (non-hydrogen) atoms. The molecule has 0 aromatic carbocycles. The summed E-state index contributed by atoms with van der Waals surface area (Å²) in [5.41, 5.74) is 0.621. The third-order valence-corrected chi connectivity index (χ3v) is 3.23. The van der Waals surface area contributed by atoms with Crippen LogP contribution in [0.4, 0.5) is 0 Å². The molecule has 1 aromatic heterocycles. The molecule has 2 rings (SSSR count). The first-order valence-corrected chi connectivity index (χ1v) is 5.89. The minimum atomic E-state index is -1.06. The molecule has 0 spiro atoms. The molecule has 2 atom stereocenters. The van der Waals surface area contributed by atoms with Gasteiger partial charge in [-0.2, -0.15) is 0 Å². The van der Waals surface area contributed by atoms with Crippen LogP contribution in [0.5, 0.6) is 0 Å². The number of nitrogens with one attached hydrogen (secondary N) is 1. The van der Waals surface area contributed by atoms with Gasteiger partial charge in [0.25, 0.3) is 0 Å². The van der Waals surface area contributed by atoms with Crippen LogP contribution in [0.1, 0.15) is 41.8 Å². The maximum absolute atomic E-state index is 10.8. The molecule has 1 fully saturated rings. The molecule has 1 saturated carbocycles. The summed E-state index contributed by atoms with van der Waals surface area (Å²) >= 11 is 0. The largest absolute Gasteiger partial charge is 0.475 e. The van der Waals surface area contributed by atoms with Gasteiger partial charge in [-0.25, -0.2) is 4.79 Å². The number of furan rings is 1. The highest BCUT2D eigenvalue weighted by molar-refractivity contribution is 5.86. The van der Waals surface area contributed by atoms with E-state index in [0.717, 1.165) is 25.7 Å². The van der Waals surface area contributed by atoms with Gasteiger partial charge in [-0.1, -0.05) is 12.8 Å². The number of aliphatic hydroxyl groups excluding tert-OH is 1. The second-order valence-electron chi connectivity index (χ2n) is 4.42. The van der Waals surface area contributed by atoms with Crippen molar-refractivity contribution < 1.29 is 19.4 Å². The second kappa shape index (κ2) is 5.33. The van der Waals surface area contributed by atoms with Gasteiger partial charge in [0, 0.05) is 18.2 Å². The summed E-state index contributed by atoms with van der Waals surface area (Å²) in [5.74, 6) is -1.08. The molecule has 0 saturated heterocycles. The Morgan fingerprint density at radius 1 is 1.47 bits per heavy atom. The highest BCUT2D eigenvalue weighted by Crippen LogP contribution is 2.19. The van der Waals surface area contributed by atoms with Crippen LogP contribution in [0.15, 0.2) is 16.7 Å². The first-order valence-electron chi connectivity index (χ1n) is 5.89. The van der Waals surface area contributed by atoms with Crippen molar-refractivity contribution in [3.63, 3.8) is 0 Å². The molecule has 2 unspecified atom stereocenters. The van der Waals surface area contributed by atoms with Gasteiger partial charge >= 0.3 is 5.97 Å².